The van der Waals surface area contributed by atoms with Gasteiger partial charge in [-0.2, -0.15) is 0 Å². The third kappa shape index (κ3) is 3.67. The van der Waals surface area contributed by atoms with Crippen LogP contribution >= 0.6 is 0 Å². The van der Waals surface area contributed by atoms with Crippen LogP contribution in [0, 0.1) is 5.92 Å². The van der Waals surface area contributed by atoms with Crippen molar-refractivity contribution >= 4 is 21.8 Å². The smallest absolute Gasteiger partial charge is 0.326 e. The van der Waals surface area contributed by atoms with Crippen molar-refractivity contribution in [1.82, 2.24) is 9.29 Å². The second-order valence-electron chi connectivity index (χ2n) is 4.87. The van der Waals surface area contributed by atoms with Crippen LogP contribution in [0.5, 0.6) is 0 Å². The van der Waals surface area contributed by atoms with Gasteiger partial charge in [-0.05, 0) is 18.1 Å². The maximum absolute atomic E-state index is 11.9. The van der Waals surface area contributed by atoms with Crippen LogP contribution in [0.4, 0.5) is 5.82 Å². The van der Waals surface area contributed by atoms with Crippen LogP contribution in [0.3, 0.4) is 0 Å². The summed E-state index contributed by atoms with van der Waals surface area (Å²) in [7, 11) is -0.666. The summed E-state index contributed by atoms with van der Waals surface area (Å²) in [5, 5.41) is 11.8. The van der Waals surface area contributed by atoms with Gasteiger partial charge in [0.05, 0.1) is 0 Å². The molecular weight excluding hydrogens is 282 g/mol. The van der Waals surface area contributed by atoms with Crippen molar-refractivity contribution in [2.24, 2.45) is 5.92 Å². The Balaban J connectivity index is 2.95. The topological polar surface area (TPSA) is 99.6 Å². The highest BCUT2D eigenvalue weighted by Gasteiger charge is 2.22. The number of rotatable bonds is 6. The number of pyridine rings is 1. The molecule has 7 nitrogen and oxygen atoms in total. The maximum Gasteiger partial charge on any atom is 0.326 e. The van der Waals surface area contributed by atoms with Gasteiger partial charge in [-0.15, -0.1) is 0 Å². The van der Waals surface area contributed by atoms with Crippen molar-refractivity contribution in [3.8, 4) is 0 Å². The molecule has 1 heterocycles. The molecule has 0 fully saturated rings. The molecule has 1 aromatic heterocycles. The molecule has 1 unspecified atom stereocenters. The third-order valence-electron chi connectivity index (χ3n) is 2.75. The Bertz CT molecular complexity index is 567. The van der Waals surface area contributed by atoms with Gasteiger partial charge in [-0.3, -0.25) is 0 Å². The first-order chi connectivity index (χ1) is 9.16. The predicted molar refractivity (Wildman–Crippen MR) is 75.0 cm³/mol. The Morgan fingerprint density at radius 2 is 1.95 bits per heavy atom. The molecule has 0 saturated heterocycles. The van der Waals surface area contributed by atoms with E-state index < -0.39 is 22.0 Å². The molecule has 2 N–H and O–H groups in total. The summed E-state index contributed by atoms with van der Waals surface area (Å²) < 4.78 is 24.8. The van der Waals surface area contributed by atoms with E-state index in [9.17, 15) is 13.2 Å². The predicted octanol–water partition coefficient (Wildman–Crippen LogP) is 0.853. The summed E-state index contributed by atoms with van der Waals surface area (Å²) in [6, 6.07) is 2.07. The number of hydrogen-bond donors (Lipinski definition) is 2. The number of carboxylic acids is 1. The zero-order chi connectivity index (χ0) is 15.5. The van der Waals surface area contributed by atoms with E-state index in [1.54, 1.807) is 13.8 Å². The van der Waals surface area contributed by atoms with Gasteiger partial charge >= 0.3 is 5.97 Å². The normalized spacial score (nSPS) is 13.5. The number of carbonyl (C=O) groups is 1. The fourth-order valence-electron chi connectivity index (χ4n) is 1.50. The molecule has 1 aromatic rings. The lowest BCUT2D eigenvalue weighted by Gasteiger charge is -2.18. The van der Waals surface area contributed by atoms with Crippen LogP contribution in [0.25, 0.3) is 0 Å². The van der Waals surface area contributed by atoms with E-state index >= 15 is 0 Å². The second-order valence-corrected chi connectivity index (χ2v) is 7.02. The monoisotopic (exact) mass is 301 g/mol. The number of aromatic nitrogens is 1. The molecule has 0 amide bonds. The molecule has 0 aliphatic heterocycles. The first kappa shape index (κ1) is 16.4. The van der Waals surface area contributed by atoms with Crippen LogP contribution in [-0.4, -0.2) is 48.9 Å². The van der Waals surface area contributed by atoms with Crippen LogP contribution < -0.4 is 5.32 Å². The summed E-state index contributed by atoms with van der Waals surface area (Å²) >= 11 is 0. The number of nitrogens with one attached hydrogen (secondary N) is 1. The number of anilines is 1. The Kier molecular flexibility index (Phi) is 5.07. The van der Waals surface area contributed by atoms with E-state index in [-0.39, 0.29) is 10.8 Å². The van der Waals surface area contributed by atoms with Gasteiger partial charge in [0.15, 0.2) is 0 Å². The van der Waals surface area contributed by atoms with Crippen molar-refractivity contribution in [3.63, 3.8) is 0 Å². The zero-order valence-corrected chi connectivity index (χ0v) is 12.7. The Hall–Kier alpha value is -1.67. The van der Waals surface area contributed by atoms with E-state index in [1.807, 2.05) is 0 Å². The zero-order valence-electron chi connectivity index (χ0n) is 11.9. The molecule has 0 saturated carbocycles. The molecule has 0 bridgehead atoms. The van der Waals surface area contributed by atoms with Crippen molar-refractivity contribution in [1.29, 1.82) is 0 Å². The van der Waals surface area contributed by atoms with E-state index in [0.717, 1.165) is 4.31 Å². The lowest BCUT2D eigenvalue weighted by molar-refractivity contribution is -0.138. The standard InChI is InChI=1S/C12H19N3O4S/c1-8(2)11(12(16)17)14-10-6-5-9(7-13-10)20(18,19)15(3)4/h5-8,11H,1-4H3,(H,13,14)(H,16,17). The number of carboxylic acid groups (broad SMARTS) is 1. The Morgan fingerprint density at radius 3 is 2.30 bits per heavy atom. The fraction of sp³-hybridized carbons (Fsp3) is 0.500. The van der Waals surface area contributed by atoms with E-state index in [4.69, 9.17) is 5.11 Å². The van der Waals surface area contributed by atoms with Gasteiger partial charge in [0.25, 0.3) is 0 Å². The fourth-order valence-corrected chi connectivity index (χ4v) is 2.35. The van der Waals surface area contributed by atoms with Crippen LogP contribution in [-0.2, 0) is 14.8 Å². The summed E-state index contributed by atoms with van der Waals surface area (Å²) in [4.78, 5) is 15.1. The van der Waals surface area contributed by atoms with Crippen molar-refractivity contribution < 1.29 is 18.3 Å². The number of hydrogen-bond acceptors (Lipinski definition) is 5. The summed E-state index contributed by atoms with van der Waals surface area (Å²) in [6.07, 6.45) is 1.21. The van der Waals surface area contributed by atoms with Crippen molar-refractivity contribution in [3.05, 3.63) is 18.3 Å². The lowest BCUT2D eigenvalue weighted by atomic mass is 10.1. The lowest BCUT2D eigenvalue weighted by Crippen LogP contribution is -2.34. The van der Waals surface area contributed by atoms with Gasteiger partial charge in [-0.25, -0.2) is 22.5 Å². The van der Waals surface area contributed by atoms with Crippen LogP contribution in [0.15, 0.2) is 23.2 Å². The largest absolute Gasteiger partial charge is 0.480 e. The van der Waals surface area contributed by atoms with Gasteiger partial charge in [0.2, 0.25) is 10.0 Å². The highest BCUT2D eigenvalue weighted by Crippen LogP contribution is 2.16. The van der Waals surface area contributed by atoms with Gasteiger partial charge in [0.1, 0.15) is 16.8 Å². The molecule has 20 heavy (non-hydrogen) atoms. The van der Waals surface area contributed by atoms with E-state index in [2.05, 4.69) is 10.3 Å². The van der Waals surface area contributed by atoms with Gasteiger partial charge in [0, 0.05) is 20.3 Å². The number of aliphatic carboxylic acids is 1. The van der Waals surface area contributed by atoms with Crippen molar-refractivity contribution in [2.75, 3.05) is 19.4 Å². The summed E-state index contributed by atoms with van der Waals surface area (Å²) in [5.74, 6) is -0.782. The minimum atomic E-state index is -3.53. The highest BCUT2D eigenvalue weighted by atomic mass is 32.2. The first-order valence-corrected chi connectivity index (χ1v) is 7.48. The molecule has 8 heteroatoms. The van der Waals surface area contributed by atoms with Crippen LogP contribution in [0.1, 0.15) is 13.8 Å². The molecule has 0 aliphatic rings. The summed E-state index contributed by atoms with van der Waals surface area (Å²) in [6.45, 7) is 3.55. The van der Waals surface area contributed by atoms with Gasteiger partial charge < -0.3 is 10.4 Å². The summed E-state index contributed by atoms with van der Waals surface area (Å²) in [5.41, 5.74) is 0. The van der Waals surface area contributed by atoms with Crippen molar-refractivity contribution in [2.45, 2.75) is 24.8 Å². The minimum Gasteiger partial charge on any atom is -0.480 e. The average Bonchev–Trinajstić information content (AvgIpc) is 2.35. The highest BCUT2D eigenvalue weighted by molar-refractivity contribution is 7.89. The average molecular weight is 301 g/mol. The Labute approximate surface area is 118 Å². The minimum absolute atomic E-state index is 0.0597. The molecule has 1 atom stereocenters. The molecule has 0 radical (unpaired) electrons. The molecule has 0 aromatic carbocycles. The number of sulfonamides is 1. The first-order valence-electron chi connectivity index (χ1n) is 6.04. The van der Waals surface area contributed by atoms with Gasteiger partial charge in [-0.1, -0.05) is 13.8 Å². The SMILES string of the molecule is CC(C)C(Nc1ccc(S(=O)(=O)N(C)C)cn1)C(=O)O. The number of nitrogens with zero attached hydrogens (tertiary/aromatic N) is 2. The third-order valence-corrected chi connectivity index (χ3v) is 4.55. The van der Waals surface area contributed by atoms with Crippen LogP contribution in [0.2, 0.25) is 0 Å². The molecule has 112 valence electrons. The van der Waals surface area contributed by atoms with E-state index in [1.165, 1.54) is 32.4 Å². The molecule has 0 aliphatic carbocycles. The Morgan fingerprint density at radius 1 is 1.35 bits per heavy atom. The maximum atomic E-state index is 11.9. The second kappa shape index (κ2) is 6.19. The molecule has 0 spiro atoms. The molecular formula is C12H19N3O4S. The molecule has 1 rings (SSSR count). The quantitative estimate of drug-likeness (QED) is 0.808. The van der Waals surface area contributed by atoms with E-state index in [0.29, 0.717) is 5.82 Å².